The van der Waals surface area contributed by atoms with Crippen molar-refractivity contribution in [2.45, 2.75) is 65.6 Å². The zero-order valence-electron chi connectivity index (χ0n) is 17.6. The first kappa shape index (κ1) is 22.5. The van der Waals surface area contributed by atoms with E-state index >= 15 is 0 Å². The molecule has 0 aromatic rings. The van der Waals surface area contributed by atoms with E-state index in [1.807, 2.05) is 46.4 Å². The standard InChI is InChI=1S/C19H38N4O3/c1-8-20-16(22-14-19(5,6)25-7)21-12-15-10-9-11-23(13-15)17(24)26-18(2,3)4/h15H,8-14H2,1-7H3,(H2,20,21,22). The minimum absolute atomic E-state index is 0.218. The van der Waals surface area contributed by atoms with Crippen LogP contribution in [0.15, 0.2) is 4.99 Å². The number of nitrogens with one attached hydrogen (secondary N) is 2. The van der Waals surface area contributed by atoms with Crippen molar-refractivity contribution in [3.8, 4) is 0 Å². The summed E-state index contributed by atoms with van der Waals surface area (Å²) < 4.78 is 10.9. The average Bonchev–Trinajstić information content (AvgIpc) is 2.56. The van der Waals surface area contributed by atoms with Crippen molar-refractivity contribution in [3.05, 3.63) is 0 Å². The number of guanidine groups is 1. The van der Waals surface area contributed by atoms with Crippen molar-refractivity contribution >= 4 is 12.1 Å². The number of carbonyl (C=O) groups is 1. The fraction of sp³-hybridized carbons (Fsp3) is 0.895. The van der Waals surface area contributed by atoms with Gasteiger partial charge < -0.3 is 25.0 Å². The maximum atomic E-state index is 12.3. The Kier molecular flexibility index (Phi) is 8.67. The molecule has 1 unspecified atom stereocenters. The molecule has 152 valence electrons. The predicted molar refractivity (Wildman–Crippen MR) is 106 cm³/mol. The van der Waals surface area contributed by atoms with Crippen LogP contribution in [0.4, 0.5) is 4.79 Å². The number of piperidine rings is 1. The summed E-state index contributed by atoms with van der Waals surface area (Å²) in [6.45, 7) is 15.4. The van der Waals surface area contributed by atoms with Gasteiger partial charge in [-0.1, -0.05) is 0 Å². The number of likely N-dealkylation sites (tertiary alicyclic amines) is 1. The lowest BCUT2D eigenvalue weighted by Crippen LogP contribution is -2.47. The van der Waals surface area contributed by atoms with Gasteiger partial charge in [-0.3, -0.25) is 4.99 Å². The van der Waals surface area contributed by atoms with E-state index in [1.54, 1.807) is 7.11 Å². The van der Waals surface area contributed by atoms with Crippen molar-refractivity contribution < 1.29 is 14.3 Å². The van der Waals surface area contributed by atoms with Gasteiger partial charge in [-0.05, 0) is 60.3 Å². The Bertz CT molecular complexity index is 472. The SMILES string of the molecule is CCNC(=NCC(C)(C)OC)NCC1CCCN(C(=O)OC(C)(C)C)C1. The Hall–Kier alpha value is -1.50. The third-order valence-electron chi connectivity index (χ3n) is 4.24. The number of nitrogens with zero attached hydrogens (tertiary/aromatic N) is 2. The second-order valence-electron chi connectivity index (χ2n) is 8.47. The summed E-state index contributed by atoms with van der Waals surface area (Å²) in [6, 6.07) is 0. The molecule has 0 aromatic heterocycles. The molecule has 1 amide bonds. The lowest BCUT2D eigenvalue weighted by atomic mass is 9.98. The van der Waals surface area contributed by atoms with Crippen LogP contribution in [0.5, 0.6) is 0 Å². The number of hydrogen-bond acceptors (Lipinski definition) is 4. The molecule has 1 aliphatic heterocycles. The summed E-state index contributed by atoms with van der Waals surface area (Å²) in [5, 5.41) is 6.66. The summed E-state index contributed by atoms with van der Waals surface area (Å²) in [4.78, 5) is 18.7. The molecule has 1 aliphatic rings. The fourth-order valence-corrected chi connectivity index (χ4v) is 2.64. The van der Waals surface area contributed by atoms with Crippen molar-refractivity contribution in [1.82, 2.24) is 15.5 Å². The van der Waals surface area contributed by atoms with Gasteiger partial charge >= 0.3 is 6.09 Å². The van der Waals surface area contributed by atoms with Crippen molar-refractivity contribution in [3.63, 3.8) is 0 Å². The molecule has 0 spiro atoms. The van der Waals surface area contributed by atoms with E-state index in [0.29, 0.717) is 19.0 Å². The van der Waals surface area contributed by atoms with Crippen molar-refractivity contribution in [2.24, 2.45) is 10.9 Å². The lowest BCUT2D eigenvalue weighted by Gasteiger charge is -2.34. The second kappa shape index (κ2) is 10.00. The summed E-state index contributed by atoms with van der Waals surface area (Å²) in [6.07, 6.45) is 1.87. The van der Waals surface area contributed by atoms with E-state index in [0.717, 1.165) is 38.4 Å². The molecule has 1 heterocycles. The first-order chi connectivity index (χ1) is 12.1. The minimum atomic E-state index is -0.457. The second-order valence-corrected chi connectivity index (χ2v) is 8.47. The van der Waals surface area contributed by atoms with E-state index in [9.17, 15) is 4.79 Å². The van der Waals surface area contributed by atoms with E-state index in [1.165, 1.54) is 0 Å². The van der Waals surface area contributed by atoms with E-state index in [2.05, 4.69) is 15.6 Å². The summed E-state index contributed by atoms with van der Waals surface area (Å²) in [7, 11) is 1.70. The van der Waals surface area contributed by atoms with Crippen LogP contribution in [0.1, 0.15) is 54.4 Å². The van der Waals surface area contributed by atoms with Crippen LogP contribution >= 0.6 is 0 Å². The number of methoxy groups -OCH3 is 1. The van der Waals surface area contributed by atoms with Crippen molar-refractivity contribution in [1.29, 1.82) is 0 Å². The first-order valence-electron chi connectivity index (χ1n) is 9.61. The Morgan fingerprint density at radius 3 is 2.50 bits per heavy atom. The maximum Gasteiger partial charge on any atom is 0.410 e. The molecule has 0 saturated carbocycles. The molecule has 1 saturated heterocycles. The van der Waals surface area contributed by atoms with Crippen LogP contribution in [0.3, 0.4) is 0 Å². The highest BCUT2D eigenvalue weighted by molar-refractivity contribution is 5.79. The molecule has 0 aromatic carbocycles. The molecular weight excluding hydrogens is 332 g/mol. The van der Waals surface area contributed by atoms with Crippen LogP contribution in [0.2, 0.25) is 0 Å². The molecular formula is C19H38N4O3. The maximum absolute atomic E-state index is 12.3. The number of hydrogen-bond donors (Lipinski definition) is 2. The molecule has 7 nitrogen and oxygen atoms in total. The van der Waals surface area contributed by atoms with E-state index in [4.69, 9.17) is 9.47 Å². The smallest absolute Gasteiger partial charge is 0.410 e. The highest BCUT2D eigenvalue weighted by atomic mass is 16.6. The molecule has 0 radical (unpaired) electrons. The van der Waals surface area contributed by atoms with Gasteiger partial charge in [0.2, 0.25) is 0 Å². The Morgan fingerprint density at radius 1 is 1.23 bits per heavy atom. The van der Waals surface area contributed by atoms with Gasteiger partial charge in [0.1, 0.15) is 5.60 Å². The van der Waals surface area contributed by atoms with Crippen LogP contribution < -0.4 is 10.6 Å². The fourth-order valence-electron chi connectivity index (χ4n) is 2.64. The average molecular weight is 371 g/mol. The highest BCUT2D eigenvalue weighted by Crippen LogP contribution is 2.19. The first-order valence-corrected chi connectivity index (χ1v) is 9.61. The minimum Gasteiger partial charge on any atom is -0.444 e. The molecule has 1 atom stereocenters. The molecule has 0 bridgehead atoms. The Labute approximate surface area is 158 Å². The van der Waals surface area contributed by atoms with Gasteiger partial charge in [0, 0.05) is 33.3 Å². The lowest BCUT2D eigenvalue weighted by molar-refractivity contribution is 0.0168. The summed E-state index contributed by atoms with van der Waals surface area (Å²) in [5.41, 5.74) is -0.748. The van der Waals surface area contributed by atoms with Crippen LogP contribution in [0.25, 0.3) is 0 Å². The number of aliphatic imine (C=N–C) groups is 1. The molecule has 0 aliphatic carbocycles. The monoisotopic (exact) mass is 370 g/mol. The van der Waals surface area contributed by atoms with Gasteiger partial charge in [0.15, 0.2) is 5.96 Å². The van der Waals surface area contributed by atoms with Crippen LogP contribution in [-0.2, 0) is 9.47 Å². The number of rotatable bonds is 6. The van der Waals surface area contributed by atoms with Gasteiger partial charge in [-0.2, -0.15) is 0 Å². The normalized spacial score (nSPS) is 19.3. The zero-order valence-corrected chi connectivity index (χ0v) is 17.6. The molecule has 1 fully saturated rings. The number of amides is 1. The topological polar surface area (TPSA) is 75.2 Å². The molecule has 1 rings (SSSR count). The quantitative estimate of drug-likeness (QED) is 0.555. The summed E-state index contributed by atoms with van der Waals surface area (Å²) >= 11 is 0. The van der Waals surface area contributed by atoms with Crippen LogP contribution in [-0.4, -0.2) is 68.0 Å². The Morgan fingerprint density at radius 2 is 1.92 bits per heavy atom. The van der Waals surface area contributed by atoms with E-state index < -0.39 is 5.60 Å². The van der Waals surface area contributed by atoms with Gasteiger partial charge in [-0.15, -0.1) is 0 Å². The molecule has 2 N–H and O–H groups in total. The number of carbonyl (C=O) groups excluding carboxylic acids is 1. The third-order valence-corrected chi connectivity index (χ3v) is 4.24. The summed E-state index contributed by atoms with van der Waals surface area (Å²) in [5.74, 6) is 1.17. The van der Waals surface area contributed by atoms with Gasteiger partial charge in [0.25, 0.3) is 0 Å². The highest BCUT2D eigenvalue weighted by Gasteiger charge is 2.27. The Balaban J connectivity index is 2.55. The third kappa shape index (κ3) is 8.74. The zero-order chi connectivity index (χ0) is 19.8. The largest absolute Gasteiger partial charge is 0.444 e. The van der Waals surface area contributed by atoms with Crippen LogP contribution in [0, 0.1) is 5.92 Å². The van der Waals surface area contributed by atoms with Gasteiger partial charge in [-0.25, -0.2) is 4.79 Å². The van der Waals surface area contributed by atoms with Crippen molar-refractivity contribution in [2.75, 3.05) is 39.8 Å². The molecule has 26 heavy (non-hydrogen) atoms. The van der Waals surface area contributed by atoms with Gasteiger partial charge in [0.05, 0.1) is 12.1 Å². The number of ether oxygens (including phenoxy) is 2. The predicted octanol–water partition coefficient (Wildman–Crippen LogP) is 2.61. The molecule has 7 heteroatoms. The van der Waals surface area contributed by atoms with E-state index in [-0.39, 0.29) is 11.7 Å².